The number of hydrogen-bond donors (Lipinski definition) is 1. The SMILES string of the molecule is CSc1cc(N)nc(SC(C)(C)c2ccccn2)n1. The third-order valence-electron chi connectivity index (χ3n) is 2.54. The fourth-order valence-corrected chi connectivity index (χ4v) is 3.02. The topological polar surface area (TPSA) is 64.7 Å². The van der Waals surface area contributed by atoms with E-state index in [1.54, 1.807) is 35.8 Å². The molecule has 2 rings (SSSR count). The maximum atomic E-state index is 5.80. The first-order chi connectivity index (χ1) is 9.01. The molecule has 0 spiro atoms. The lowest BCUT2D eigenvalue weighted by atomic mass is 10.1. The average Bonchev–Trinajstić information content (AvgIpc) is 2.38. The van der Waals surface area contributed by atoms with Crippen molar-refractivity contribution in [1.29, 1.82) is 0 Å². The van der Waals surface area contributed by atoms with Gasteiger partial charge in [0.25, 0.3) is 0 Å². The molecule has 19 heavy (non-hydrogen) atoms. The third kappa shape index (κ3) is 3.61. The van der Waals surface area contributed by atoms with Crippen molar-refractivity contribution in [3.05, 3.63) is 36.2 Å². The lowest BCUT2D eigenvalue weighted by Crippen LogP contribution is -2.14. The molecule has 0 unspecified atom stereocenters. The molecule has 2 N–H and O–H groups in total. The highest BCUT2D eigenvalue weighted by Crippen LogP contribution is 2.38. The molecule has 2 aromatic rings. The van der Waals surface area contributed by atoms with Crippen LogP contribution in [0.4, 0.5) is 5.82 Å². The number of pyridine rings is 1. The second-order valence-electron chi connectivity index (χ2n) is 4.45. The van der Waals surface area contributed by atoms with Gasteiger partial charge in [-0.3, -0.25) is 4.98 Å². The molecule has 2 heterocycles. The van der Waals surface area contributed by atoms with Crippen molar-refractivity contribution in [1.82, 2.24) is 15.0 Å². The molecule has 100 valence electrons. The van der Waals surface area contributed by atoms with Crippen molar-refractivity contribution in [2.45, 2.75) is 28.8 Å². The molecule has 6 heteroatoms. The molecule has 0 aliphatic heterocycles. The molecule has 0 saturated heterocycles. The van der Waals surface area contributed by atoms with Gasteiger partial charge in [-0.2, -0.15) is 0 Å². The predicted molar refractivity (Wildman–Crippen MR) is 81.3 cm³/mol. The van der Waals surface area contributed by atoms with E-state index >= 15 is 0 Å². The summed E-state index contributed by atoms with van der Waals surface area (Å²) in [7, 11) is 0. The number of anilines is 1. The minimum absolute atomic E-state index is 0.204. The van der Waals surface area contributed by atoms with Gasteiger partial charge < -0.3 is 5.73 Å². The van der Waals surface area contributed by atoms with Gasteiger partial charge in [0, 0.05) is 12.3 Å². The van der Waals surface area contributed by atoms with Crippen molar-refractivity contribution >= 4 is 29.3 Å². The smallest absolute Gasteiger partial charge is 0.191 e. The van der Waals surface area contributed by atoms with Gasteiger partial charge in [0.1, 0.15) is 10.8 Å². The van der Waals surface area contributed by atoms with Crippen LogP contribution in [0.3, 0.4) is 0 Å². The molecule has 0 saturated carbocycles. The Bertz CT molecular complexity index is 558. The molecule has 0 bridgehead atoms. The van der Waals surface area contributed by atoms with Gasteiger partial charge in [-0.25, -0.2) is 9.97 Å². The molecule has 0 radical (unpaired) electrons. The predicted octanol–water partition coefficient (Wildman–Crippen LogP) is 3.20. The van der Waals surface area contributed by atoms with Crippen molar-refractivity contribution in [3.63, 3.8) is 0 Å². The van der Waals surface area contributed by atoms with E-state index in [1.807, 2.05) is 24.5 Å². The van der Waals surface area contributed by atoms with Crippen LogP contribution >= 0.6 is 23.5 Å². The van der Waals surface area contributed by atoms with Crippen molar-refractivity contribution < 1.29 is 0 Å². The first-order valence-electron chi connectivity index (χ1n) is 5.80. The highest BCUT2D eigenvalue weighted by atomic mass is 32.2. The molecular weight excluding hydrogens is 276 g/mol. The van der Waals surface area contributed by atoms with Crippen molar-refractivity contribution in [2.75, 3.05) is 12.0 Å². The molecule has 2 aromatic heterocycles. The molecule has 0 amide bonds. The summed E-state index contributed by atoms with van der Waals surface area (Å²) in [6.07, 6.45) is 3.77. The van der Waals surface area contributed by atoms with Crippen LogP contribution in [0.2, 0.25) is 0 Å². The zero-order chi connectivity index (χ0) is 13.9. The zero-order valence-electron chi connectivity index (χ0n) is 11.1. The molecule has 0 aromatic carbocycles. The van der Waals surface area contributed by atoms with Gasteiger partial charge in [0.2, 0.25) is 0 Å². The largest absolute Gasteiger partial charge is 0.384 e. The van der Waals surface area contributed by atoms with Gasteiger partial charge in [0.15, 0.2) is 5.16 Å². The van der Waals surface area contributed by atoms with Crippen molar-refractivity contribution in [3.8, 4) is 0 Å². The molecule has 0 aliphatic rings. The maximum absolute atomic E-state index is 5.80. The molecule has 4 nitrogen and oxygen atoms in total. The number of rotatable bonds is 4. The zero-order valence-corrected chi connectivity index (χ0v) is 12.8. The summed E-state index contributed by atoms with van der Waals surface area (Å²) in [5.74, 6) is 0.499. The summed E-state index contributed by atoms with van der Waals surface area (Å²) in [6.45, 7) is 4.20. The summed E-state index contributed by atoms with van der Waals surface area (Å²) < 4.78 is -0.204. The normalized spacial score (nSPS) is 11.5. The third-order valence-corrected chi connectivity index (χ3v) is 4.25. The quantitative estimate of drug-likeness (QED) is 0.530. The number of nitrogens with two attached hydrogens (primary N) is 1. The summed E-state index contributed by atoms with van der Waals surface area (Å²) in [5, 5.41) is 1.56. The fourth-order valence-electron chi connectivity index (χ4n) is 1.57. The number of hydrogen-bond acceptors (Lipinski definition) is 6. The van der Waals surface area contributed by atoms with Crippen LogP contribution in [-0.4, -0.2) is 21.2 Å². The molecule has 0 fully saturated rings. The van der Waals surface area contributed by atoms with Gasteiger partial charge in [-0.05, 0) is 32.2 Å². The van der Waals surface area contributed by atoms with Crippen LogP contribution in [0.15, 0.2) is 40.6 Å². The Balaban J connectivity index is 2.27. The van der Waals surface area contributed by atoms with Gasteiger partial charge in [-0.1, -0.05) is 17.8 Å². The number of nitrogens with zero attached hydrogens (tertiary/aromatic N) is 3. The van der Waals surface area contributed by atoms with Crippen molar-refractivity contribution in [2.24, 2.45) is 0 Å². The number of thioether (sulfide) groups is 2. The Morgan fingerprint density at radius 2 is 2.00 bits per heavy atom. The Hall–Kier alpha value is -1.27. The molecule has 0 atom stereocenters. The Morgan fingerprint density at radius 1 is 1.21 bits per heavy atom. The first kappa shape index (κ1) is 14.1. The Morgan fingerprint density at radius 3 is 2.63 bits per heavy atom. The second kappa shape index (κ2) is 5.79. The lowest BCUT2D eigenvalue weighted by Gasteiger charge is -2.22. The van der Waals surface area contributed by atoms with E-state index in [2.05, 4.69) is 28.8 Å². The minimum Gasteiger partial charge on any atom is -0.384 e. The van der Waals surface area contributed by atoms with E-state index in [1.165, 1.54) is 0 Å². The summed E-state index contributed by atoms with van der Waals surface area (Å²) in [6, 6.07) is 7.68. The van der Waals surface area contributed by atoms with Crippen LogP contribution in [0.25, 0.3) is 0 Å². The highest BCUT2D eigenvalue weighted by molar-refractivity contribution is 8.00. The van der Waals surface area contributed by atoms with Crippen LogP contribution in [-0.2, 0) is 4.75 Å². The van der Waals surface area contributed by atoms with Gasteiger partial charge in [-0.15, -0.1) is 11.8 Å². The standard InChI is InChI=1S/C13H16N4S2/c1-13(2,9-6-4-5-7-15-9)19-12-16-10(14)8-11(17-12)18-3/h4-8H,1-3H3,(H2,14,16,17). The van der Waals surface area contributed by atoms with E-state index in [9.17, 15) is 0 Å². The summed E-state index contributed by atoms with van der Waals surface area (Å²) in [4.78, 5) is 13.1. The van der Waals surface area contributed by atoms with E-state index in [4.69, 9.17) is 5.73 Å². The van der Waals surface area contributed by atoms with Gasteiger partial charge in [0.05, 0.1) is 10.4 Å². The number of nitrogen functional groups attached to an aromatic ring is 1. The lowest BCUT2D eigenvalue weighted by molar-refractivity contribution is 0.736. The van der Waals surface area contributed by atoms with Crippen LogP contribution in [0.1, 0.15) is 19.5 Å². The Labute approximate surface area is 121 Å². The summed E-state index contributed by atoms with van der Waals surface area (Å²) >= 11 is 3.12. The van der Waals surface area contributed by atoms with Crippen LogP contribution in [0, 0.1) is 0 Å². The van der Waals surface area contributed by atoms with E-state index in [-0.39, 0.29) is 4.75 Å². The molecular formula is C13H16N4S2. The van der Waals surface area contributed by atoms with Crippen LogP contribution in [0.5, 0.6) is 0 Å². The van der Waals surface area contributed by atoms with E-state index in [0.717, 1.165) is 10.7 Å². The van der Waals surface area contributed by atoms with Crippen LogP contribution < -0.4 is 5.73 Å². The highest BCUT2D eigenvalue weighted by Gasteiger charge is 2.25. The number of aromatic nitrogens is 3. The average molecular weight is 292 g/mol. The minimum atomic E-state index is -0.204. The van der Waals surface area contributed by atoms with Gasteiger partial charge >= 0.3 is 0 Å². The molecule has 0 aliphatic carbocycles. The maximum Gasteiger partial charge on any atom is 0.191 e. The van der Waals surface area contributed by atoms with E-state index in [0.29, 0.717) is 11.0 Å². The van der Waals surface area contributed by atoms with E-state index < -0.39 is 0 Å². The summed E-state index contributed by atoms with van der Waals surface area (Å²) in [5.41, 5.74) is 6.80. The first-order valence-corrected chi connectivity index (χ1v) is 7.84. The Kier molecular flexibility index (Phi) is 4.31. The fraction of sp³-hybridized carbons (Fsp3) is 0.308. The monoisotopic (exact) mass is 292 g/mol. The second-order valence-corrected chi connectivity index (χ2v) is 6.86.